The quantitative estimate of drug-likeness (QED) is 0.493. The van der Waals surface area contributed by atoms with E-state index in [1.165, 1.54) is 0 Å². The summed E-state index contributed by atoms with van der Waals surface area (Å²) in [6.45, 7) is 0. The number of aliphatic carboxylic acids is 1. The predicted molar refractivity (Wildman–Crippen MR) is 36.9 cm³/mol. The zero-order valence-corrected chi connectivity index (χ0v) is 5.81. The van der Waals surface area contributed by atoms with E-state index in [2.05, 4.69) is 0 Å². The largest absolute Gasteiger partial charge is 0.481 e. The summed E-state index contributed by atoms with van der Waals surface area (Å²) in [7, 11) is 0. The second-order valence-electron chi connectivity index (χ2n) is 2.89. The zero-order chi connectivity index (χ0) is 8.01. The number of rotatable bonds is 1. The summed E-state index contributed by atoms with van der Waals surface area (Å²) in [6, 6.07) is -0.373. The van der Waals surface area contributed by atoms with Gasteiger partial charge in [0.1, 0.15) is 5.92 Å². The van der Waals surface area contributed by atoms with Crippen molar-refractivity contribution in [2.24, 2.45) is 11.7 Å². The summed E-state index contributed by atoms with van der Waals surface area (Å²) in [5, 5.41) is 8.71. The first kappa shape index (κ1) is 6.82. The molecule has 0 amide bonds. The number of ether oxygens (including phenoxy) is 1. The third-order valence-corrected chi connectivity index (χ3v) is 2.24. The zero-order valence-electron chi connectivity index (χ0n) is 5.81. The highest BCUT2D eigenvalue weighted by atomic mass is 16.5. The Labute approximate surface area is 63.6 Å². The molecule has 2 rings (SSSR count). The number of hydrogen-bond donors (Lipinski definition) is 2. The number of carboxylic acids is 1. The maximum absolute atomic E-state index is 10.6. The van der Waals surface area contributed by atoms with Gasteiger partial charge in [-0.3, -0.25) is 4.79 Å². The van der Waals surface area contributed by atoms with Crippen molar-refractivity contribution in [1.29, 1.82) is 0 Å². The molecule has 2 bridgehead atoms. The van der Waals surface area contributed by atoms with Crippen LogP contribution in [0.25, 0.3) is 0 Å². The molecule has 2 heterocycles. The standard InChI is InChI=1S/C7H9NO3/c8-6-4-2-1-3(11-4)5(6)7(9)10/h1-6H,8H2,(H,9,10)/t3?,4?,5-,6+/m1/s1. The summed E-state index contributed by atoms with van der Waals surface area (Å²) in [5.74, 6) is -1.42. The van der Waals surface area contributed by atoms with Gasteiger partial charge in [0.2, 0.25) is 0 Å². The highest BCUT2D eigenvalue weighted by Gasteiger charge is 2.47. The van der Waals surface area contributed by atoms with Crippen LogP contribution in [0.1, 0.15) is 0 Å². The van der Waals surface area contributed by atoms with Gasteiger partial charge in [-0.2, -0.15) is 0 Å². The summed E-state index contributed by atoms with van der Waals surface area (Å²) in [4.78, 5) is 10.6. The average molecular weight is 155 g/mol. The third kappa shape index (κ3) is 0.797. The first-order valence-corrected chi connectivity index (χ1v) is 3.52. The van der Waals surface area contributed by atoms with Gasteiger partial charge in [-0.15, -0.1) is 0 Å². The molecule has 0 aromatic rings. The van der Waals surface area contributed by atoms with Crippen molar-refractivity contribution in [2.45, 2.75) is 18.2 Å². The van der Waals surface area contributed by atoms with Gasteiger partial charge in [0.25, 0.3) is 0 Å². The Morgan fingerprint density at radius 1 is 1.45 bits per heavy atom. The Morgan fingerprint density at radius 3 is 2.45 bits per heavy atom. The normalized spacial score (nSPS) is 46.6. The van der Waals surface area contributed by atoms with Crippen LogP contribution in [0.15, 0.2) is 12.2 Å². The molecule has 2 unspecified atom stereocenters. The lowest BCUT2D eigenvalue weighted by Gasteiger charge is -2.16. The van der Waals surface area contributed by atoms with Crippen molar-refractivity contribution in [3.8, 4) is 0 Å². The van der Waals surface area contributed by atoms with E-state index in [0.29, 0.717) is 0 Å². The summed E-state index contributed by atoms with van der Waals surface area (Å²) >= 11 is 0. The van der Waals surface area contributed by atoms with Gasteiger partial charge in [-0.1, -0.05) is 12.2 Å². The van der Waals surface area contributed by atoms with Gasteiger partial charge in [-0.25, -0.2) is 0 Å². The van der Waals surface area contributed by atoms with E-state index >= 15 is 0 Å². The topological polar surface area (TPSA) is 72.5 Å². The molecule has 0 saturated carbocycles. The summed E-state index contributed by atoms with van der Waals surface area (Å²) in [6.07, 6.45) is 3.12. The summed E-state index contributed by atoms with van der Waals surface area (Å²) < 4.78 is 5.24. The van der Waals surface area contributed by atoms with Crippen molar-refractivity contribution in [3.63, 3.8) is 0 Å². The number of nitrogens with two attached hydrogens (primary N) is 1. The molecule has 1 fully saturated rings. The molecule has 4 heteroatoms. The minimum atomic E-state index is -0.866. The molecule has 4 nitrogen and oxygen atoms in total. The predicted octanol–water partition coefficient (Wildman–Crippen LogP) is -0.648. The van der Waals surface area contributed by atoms with E-state index < -0.39 is 11.9 Å². The maximum atomic E-state index is 10.6. The highest BCUT2D eigenvalue weighted by Crippen LogP contribution is 2.32. The first-order valence-electron chi connectivity index (χ1n) is 3.52. The summed E-state index contributed by atoms with van der Waals surface area (Å²) in [5.41, 5.74) is 5.61. The van der Waals surface area contributed by atoms with Crippen LogP contribution in [0, 0.1) is 5.92 Å². The molecule has 11 heavy (non-hydrogen) atoms. The fourth-order valence-corrected chi connectivity index (χ4v) is 1.64. The van der Waals surface area contributed by atoms with Gasteiger partial charge >= 0.3 is 5.97 Å². The van der Waals surface area contributed by atoms with Crippen molar-refractivity contribution < 1.29 is 14.6 Å². The van der Waals surface area contributed by atoms with Crippen LogP contribution in [-0.4, -0.2) is 29.3 Å². The minimum absolute atomic E-state index is 0.180. The van der Waals surface area contributed by atoms with E-state index in [4.69, 9.17) is 15.6 Å². The lowest BCUT2D eigenvalue weighted by Crippen LogP contribution is -2.41. The number of carboxylic acid groups (broad SMARTS) is 1. The van der Waals surface area contributed by atoms with E-state index in [9.17, 15) is 4.79 Å². The Bertz CT molecular complexity index is 226. The van der Waals surface area contributed by atoms with Gasteiger partial charge in [0, 0.05) is 0 Å². The van der Waals surface area contributed by atoms with E-state index in [1.54, 1.807) is 6.08 Å². The van der Waals surface area contributed by atoms with Crippen LogP contribution in [0.3, 0.4) is 0 Å². The third-order valence-electron chi connectivity index (χ3n) is 2.24. The molecular weight excluding hydrogens is 146 g/mol. The van der Waals surface area contributed by atoms with Crippen LogP contribution in [-0.2, 0) is 9.53 Å². The molecule has 0 aromatic heterocycles. The smallest absolute Gasteiger partial charge is 0.311 e. The second-order valence-corrected chi connectivity index (χ2v) is 2.89. The van der Waals surface area contributed by atoms with Gasteiger partial charge in [0.15, 0.2) is 0 Å². The molecule has 3 N–H and O–H groups in total. The van der Waals surface area contributed by atoms with Crippen LogP contribution in [0.4, 0.5) is 0 Å². The molecule has 2 aliphatic rings. The molecule has 4 atom stereocenters. The molecule has 0 aliphatic carbocycles. The Morgan fingerprint density at radius 2 is 2.09 bits per heavy atom. The molecule has 0 aromatic carbocycles. The highest BCUT2D eigenvalue weighted by molar-refractivity contribution is 5.73. The Kier molecular flexibility index (Phi) is 1.27. The van der Waals surface area contributed by atoms with Crippen LogP contribution in [0.5, 0.6) is 0 Å². The fraction of sp³-hybridized carbons (Fsp3) is 0.571. The number of fused-ring (bicyclic) bond motifs is 2. The molecule has 0 radical (unpaired) electrons. The monoisotopic (exact) mass is 155 g/mol. The van der Waals surface area contributed by atoms with E-state index in [-0.39, 0.29) is 18.2 Å². The van der Waals surface area contributed by atoms with Gasteiger partial charge in [0.05, 0.1) is 18.2 Å². The fourth-order valence-electron chi connectivity index (χ4n) is 1.64. The van der Waals surface area contributed by atoms with Crippen molar-refractivity contribution in [1.82, 2.24) is 0 Å². The number of hydrogen-bond acceptors (Lipinski definition) is 3. The van der Waals surface area contributed by atoms with Crippen LogP contribution in [0.2, 0.25) is 0 Å². The SMILES string of the molecule is N[C@H]1C2C=CC(O2)[C@H]1C(=O)O. The van der Waals surface area contributed by atoms with E-state index in [1.807, 2.05) is 6.08 Å². The van der Waals surface area contributed by atoms with Crippen LogP contribution >= 0.6 is 0 Å². The van der Waals surface area contributed by atoms with Crippen molar-refractivity contribution in [3.05, 3.63) is 12.2 Å². The molecule has 60 valence electrons. The van der Waals surface area contributed by atoms with Crippen molar-refractivity contribution >= 4 is 5.97 Å². The lowest BCUT2D eigenvalue weighted by molar-refractivity contribution is -0.143. The van der Waals surface area contributed by atoms with Gasteiger partial charge in [-0.05, 0) is 0 Å². The minimum Gasteiger partial charge on any atom is -0.481 e. The van der Waals surface area contributed by atoms with Gasteiger partial charge < -0.3 is 15.6 Å². The first-order chi connectivity index (χ1) is 5.20. The Hall–Kier alpha value is -0.870. The molecular formula is C7H9NO3. The van der Waals surface area contributed by atoms with Crippen LogP contribution < -0.4 is 5.73 Å². The average Bonchev–Trinajstić information content (AvgIpc) is 2.44. The second kappa shape index (κ2) is 2.06. The maximum Gasteiger partial charge on any atom is 0.311 e. The molecule has 1 saturated heterocycles. The molecule has 2 aliphatic heterocycles. The van der Waals surface area contributed by atoms with Crippen molar-refractivity contribution in [2.75, 3.05) is 0 Å². The molecule has 0 spiro atoms. The lowest BCUT2D eigenvalue weighted by atomic mass is 9.90. The number of carbonyl (C=O) groups is 1. The van der Waals surface area contributed by atoms with E-state index in [0.717, 1.165) is 0 Å². The Balaban J connectivity index is 2.25.